The van der Waals surface area contributed by atoms with E-state index in [1.54, 1.807) is 0 Å². The van der Waals surface area contributed by atoms with E-state index in [-0.39, 0.29) is 16.8 Å². The fourth-order valence-corrected chi connectivity index (χ4v) is 4.10. The molecule has 19 heavy (non-hydrogen) atoms. The molecular formula is C11H17BrN4O2S. The Hall–Kier alpha value is -0.700. The van der Waals surface area contributed by atoms with Crippen molar-refractivity contribution in [3.8, 4) is 0 Å². The molecule has 0 aliphatic carbocycles. The second-order valence-electron chi connectivity index (χ2n) is 4.73. The highest BCUT2D eigenvalue weighted by molar-refractivity contribution is 9.10. The van der Waals surface area contributed by atoms with Gasteiger partial charge in [-0.1, -0.05) is 0 Å². The topological polar surface area (TPSA) is 79.5 Å². The highest BCUT2D eigenvalue weighted by atomic mass is 79.9. The fourth-order valence-electron chi connectivity index (χ4n) is 2.01. The Kier molecular flexibility index (Phi) is 4.14. The first-order chi connectivity index (χ1) is 8.82. The number of sulfonamides is 1. The molecule has 1 unspecified atom stereocenters. The van der Waals surface area contributed by atoms with Gasteiger partial charge in [0.25, 0.3) is 0 Å². The molecule has 0 amide bonds. The number of pyridine rings is 1. The van der Waals surface area contributed by atoms with Crippen molar-refractivity contribution in [1.29, 1.82) is 0 Å². The minimum absolute atomic E-state index is 0.0368. The van der Waals surface area contributed by atoms with Crippen molar-refractivity contribution in [3.63, 3.8) is 0 Å². The summed E-state index contributed by atoms with van der Waals surface area (Å²) >= 11 is 3.22. The maximum Gasteiger partial charge on any atom is 0.246 e. The van der Waals surface area contributed by atoms with Crippen LogP contribution in [-0.4, -0.2) is 55.3 Å². The van der Waals surface area contributed by atoms with E-state index in [0.29, 0.717) is 24.1 Å². The number of hydrogen-bond donors (Lipinski definition) is 1. The highest BCUT2D eigenvalue weighted by Crippen LogP contribution is 2.25. The lowest BCUT2D eigenvalue weighted by atomic mass is 10.2. The average molecular weight is 349 g/mol. The van der Waals surface area contributed by atoms with Crippen LogP contribution in [0.25, 0.3) is 0 Å². The summed E-state index contributed by atoms with van der Waals surface area (Å²) in [5, 5.41) is 0. The van der Waals surface area contributed by atoms with Gasteiger partial charge < -0.3 is 10.6 Å². The third kappa shape index (κ3) is 2.91. The number of aromatic nitrogens is 1. The smallest absolute Gasteiger partial charge is 0.246 e. The van der Waals surface area contributed by atoms with Gasteiger partial charge in [0.2, 0.25) is 10.0 Å². The third-order valence-electron chi connectivity index (χ3n) is 3.39. The van der Waals surface area contributed by atoms with Crippen LogP contribution in [0.3, 0.4) is 0 Å². The van der Waals surface area contributed by atoms with E-state index in [2.05, 4.69) is 25.8 Å². The Morgan fingerprint density at radius 3 is 2.79 bits per heavy atom. The number of nitrogens with two attached hydrogens (primary N) is 1. The predicted molar refractivity (Wildman–Crippen MR) is 77.2 cm³/mol. The van der Waals surface area contributed by atoms with Gasteiger partial charge in [0, 0.05) is 36.3 Å². The summed E-state index contributed by atoms with van der Waals surface area (Å²) in [6.07, 6.45) is 1.49. The molecule has 0 saturated carbocycles. The molecule has 106 valence electrons. The second-order valence-corrected chi connectivity index (χ2v) is 7.55. The Labute approximate surface area is 121 Å². The lowest BCUT2D eigenvalue weighted by Crippen LogP contribution is -2.51. The first-order valence-corrected chi connectivity index (χ1v) is 8.17. The molecule has 1 fully saturated rings. The first kappa shape index (κ1) is 14.7. The summed E-state index contributed by atoms with van der Waals surface area (Å²) in [5.74, 6) is 0.0368. The Morgan fingerprint density at radius 1 is 1.47 bits per heavy atom. The molecular weight excluding hydrogens is 332 g/mol. The molecule has 6 nitrogen and oxygen atoms in total. The van der Waals surface area contributed by atoms with Crippen LogP contribution in [0, 0.1) is 0 Å². The molecule has 0 bridgehead atoms. The van der Waals surface area contributed by atoms with Crippen LogP contribution in [0.5, 0.6) is 0 Å². The molecule has 1 aromatic rings. The number of halogens is 1. The van der Waals surface area contributed by atoms with Crippen molar-refractivity contribution in [2.45, 2.75) is 17.9 Å². The Balaban J connectivity index is 2.35. The van der Waals surface area contributed by atoms with E-state index >= 15 is 0 Å². The van der Waals surface area contributed by atoms with Gasteiger partial charge in [-0.15, -0.1) is 0 Å². The first-order valence-electron chi connectivity index (χ1n) is 5.94. The number of rotatable bonds is 2. The minimum atomic E-state index is -3.58. The molecule has 0 spiro atoms. The molecule has 2 rings (SSSR count). The van der Waals surface area contributed by atoms with Gasteiger partial charge in [-0.2, -0.15) is 4.31 Å². The minimum Gasteiger partial charge on any atom is -0.383 e. The van der Waals surface area contributed by atoms with E-state index in [1.165, 1.54) is 16.6 Å². The van der Waals surface area contributed by atoms with Crippen LogP contribution in [0.15, 0.2) is 21.6 Å². The molecule has 8 heteroatoms. The van der Waals surface area contributed by atoms with E-state index < -0.39 is 10.0 Å². The largest absolute Gasteiger partial charge is 0.383 e. The van der Waals surface area contributed by atoms with Crippen molar-refractivity contribution in [3.05, 3.63) is 16.7 Å². The van der Waals surface area contributed by atoms with Crippen molar-refractivity contribution >= 4 is 31.8 Å². The summed E-state index contributed by atoms with van der Waals surface area (Å²) in [4.78, 5) is 6.09. The zero-order valence-electron chi connectivity index (χ0n) is 10.9. The van der Waals surface area contributed by atoms with Gasteiger partial charge in [0.1, 0.15) is 10.7 Å². The van der Waals surface area contributed by atoms with Gasteiger partial charge >= 0.3 is 0 Å². The van der Waals surface area contributed by atoms with Crippen LogP contribution >= 0.6 is 15.9 Å². The number of likely N-dealkylation sites (N-methyl/N-ethyl adjacent to an activating group) is 1. The van der Waals surface area contributed by atoms with Crippen LogP contribution < -0.4 is 5.73 Å². The fraction of sp³-hybridized carbons (Fsp3) is 0.545. The number of nitrogen functional groups attached to an aromatic ring is 1. The number of anilines is 1. The maximum atomic E-state index is 12.6. The van der Waals surface area contributed by atoms with Gasteiger partial charge in [0.15, 0.2) is 0 Å². The van der Waals surface area contributed by atoms with Crippen molar-refractivity contribution in [2.24, 2.45) is 0 Å². The quantitative estimate of drug-likeness (QED) is 0.852. The summed E-state index contributed by atoms with van der Waals surface area (Å²) in [5.41, 5.74) is 5.70. The molecule has 1 atom stereocenters. The summed E-state index contributed by atoms with van der Waals surface area (Å²) in [6.45, 7) is 3.64. The Morgan fingerprint density at radius 2 is 2.16 bits per heavy atom. The summed E-state index contributed by atoms with van der Waals surface area (Å²) < 4.78 is 27.2. The number of nitrogens with zero attached hydrogens (tertiary/aromatic N) is 3. The van der Waals surface area contributed by atoms with Gasteiger partial charge in [0.05, 0.1) is 0 Å². The molecule has 1 aliphatic heterocycles. The van der Waals surface area contributed by atoms with Crippen LogP contribution in [-0.2, 0) is 10.0 Å². The van der Waals surface area contributed by atoms with Crippen LogP contribution in [0.4, 0.5) is 5.82 Å². The van der Waals surface area contributed by atoms with E-state index in [1.807, 2.05) is 14.0 Å². The van der Waals surface area contributed by atoms with E-state index in [9.17, 15) is 8.42 Å². The van der Waals surface area contributed by atoms with Gasteiger partial charge in [-0.05, 0) is 36.0 Å². The molecule has 2 N–H and O–H groups in total. The maximum absolute atomic E-state index is 12.6. The van der Waals surface area contributed by atoms with Crippen LogP contribution in [0.2, 0.25) is 0 Å². The standard InChI is InChI=1S/C11H17BrN4O2S/c1-8-7-16(4-3-15(8)2)19(17,18)10-5-9(12)6-14-11(10)13/h5-6,8H,3-4,7H2,1-2H3,(H2,13,14). The lowest BCUT2D eigenvalue weighted by Gasteiger charge is -2.36. The molecule has 2 heterocycles. The monoisotopic (exact) mass is 348 g/mol. The van der Waals surface area contributed by atoms with Gasteiger partial charge in [-0.3, -0.25) is 0 Å². The van der Waals surface area contributed by atoms with Crippen molar-refractivity contribution in [2.75, 3.05) is 32.4 Å². The zero-order valence-corrected chi connectivity index (χ0v) is 13.3. The SMILES string of the molecule is CC1CN(S(=O)(=O)c2cc(Br)cnc2N)CCN1C. The number of piperazine rings is 1. The van der Waals surface area contributed by atoms with Crippen molar-refractivity contribution in [1.82, 2.24) is 14.2 Å². The molecule has 1 aliphatic rings. The number of hydrogen-bond acceptors (Lipinski definition) is 5. The van der Waals surface area contributed by atoms with Crippen molar-refractivity contribution < 1.29 is 8.42 Å². The van der Waals surface area contributed by atoms with Crippen LogP contribution in [0.1, 0.15) is 6.92 Å². The van der Waals surface area contributed by atoms with E-state index in [0.717, 1.165) is 0 Å². The molecule has 1 saturated heterocycles. The molecule has 0 aromatic carbocycles. The van der Waals surface area contributed by atoms with E-state index in [4.69, 9.17) is 5.73 Å². The molecule has 1 aromatic heterocycles. The zero-order chi connectivity index (χ0) is 14.2. The Bertz CT molecular complexity index is 578. The average Bonchev–Trinajstić information content (AvgIpc) is 2.35. The molecule has 0 radical (unpaired) electrons. The highest BCUT2D eigenvalue weighted by Gasteiger charge is 2.32. The summed E-state index contributed by atoms with van der Waals surface area (Å²) in [7, 11) is -1.59. The third-order valence-corrected chi connectivity index (χ3v) is 5.72. The second kappa shape index (κ2) is 5.35. The normalized spacial score (nSPS) is 22.6. The van der Waals surface area contributed by atoms with Gasteiger partial charge in [-0.25, -0.2) is 13.4 Å². The lowest BCUT2D eigenvalue weighted by molar-refractivity contribution is 0.159. The predicted octanol–water partition coefficient (Wildman–Crippen LogP) is 0.751. The summed E-state index contributed by atoms with van der Waals surface area (Å²) in [6, 6.07) is 1.69.